The van der Waals surface area contributed by atoms with Crippen LogP contribution in [-0.2, 0) is 6.42 Å². The number of hydrogen-bond acceptors (Lipinski definition) is 3. The fraction of sp³-hybridized carbons (Fsp3) is 0.538. The summed E-state index contributed by atoms with van der Waals surface area (Å²) in [6.45, 7) is 3.78. The highest BCUT2D eigenvalue weighted by Crippen LogP contribution is 2.41. The maximum absolute atomic E-state index is 5.78. The molecule has 86 valence electrons. The van der Waals surface area contributed by atoms with Crippen LogP contribution >= 0.6 is 11.8 Å². The predicted octanol–water partition coefficient (Wildman–Crippen LogP) is 2.00. The van der Waals surface area contributed by atoms with E-state index in [1.165, 1.54) is 31.6 Å². The summed E-state index contributed by atoms with van der Waals surface area (Å²) in [4.78, 5) is 2.61. The maximum Gasteiger partial charge on any atom is 0.0316 e. The molecule has 3 aliphatic heterocycles. The third-order valence-electron chi connectivity index (χ3n) is 3.50. The number of nitrogens with zero attached hydrogens (tertiary/aromatic N) is 1. The minimum Gasteiger partial charge on any atom is -0.399 e. The molecule has 0 radical (unpaired) electrons. The third kappa shape index (κ3) is 2.20. The van der Waals surface area contributed by atoms with Crippen molar-refractivity contribution in [2.45, 2.75) is 23.3 Å². The van der Waals surface area contributed by atoms with Crippen LogP contribution in [0.15, 0.2) is 24.3 Å². The molecule has 2 atom stereocenters. The van der Waals surface area contributed by atoms with Gasteiger partial charge in [0.2, 0.25) is 0 Å². The van der Waals surface area contributed by atoms with Crippen molar-refractivity contribution in [2.24, 2.45) is 0 Å². The number of hydrogen-bond donors (Lipinski definition) is 1. The van der Waals surface area contributed by atoms with Gasteiger partial charge in [0.05, 0.1) is 0 Å². The summed E-state index contributed by atoms with van der Waals surface area (Å²) >= 11 is 2.18. The number of nitrogens with two attached hydrogens (primary N) is 1. The van der Waals surface area contributed by atoms with Gasteiger partial charge in [0.1, 0.15) is 0 Å². The molecule has 2 bridgehead atoms. The van der Waals surface area contributed by atoms with E-state index in [2.05, 4.69) is 28.8 Å². The largest absolute Gasteiger partial charge is 0.399 e. The van der Waals surface area contributed by atoms with Gasteiger partial charge < -0.3 is 10.6 Å². The Kier molecular flexibility index (Phi) is 2.82. The number of nitrogen functional groups attached to an aromatic ring is 1. The van der Waals surface area contributed by atoms with Crippen LogP contribution < -0.4 is 5.73 Å². The Hall–Kier alpha value is -0.670. The molecule has 1 aromatic carbocycles. The van der Waals surface area contributed by atoms with Crippen molar-refractivity contribution in [2.75, 3.05) is 25.4 Å². The summed E-state index contributed by atoms with van der Waals surface area (Å²) < 4.78 is 0. The van der Waals surface area contributed by atoms with Crippen LogP contribution in [0.5, 0.6) is 0 Å². The Labute approximate surface area is 101 Å². The highest BCUT2D eigenvalue weighted by Gasteiger charge is 2.37. The summed E-state index contributed by atoms with van der Waals surface area (Å²) in [7, 11) is 0. The van der Waals surface area contributed by atoms with E-state index in [0.717, 1.165) is 22.6 Å². The van der Waals surface area contributed by atoms with E-state index in [0.29, 0.717) is 0 Å². The van der Waals surface area contributed by atoms with E-state index in [9.17, 15) is 0 Å². The van der Waals surface area contributed by atoms with Crippen LogP contribution in [0.25, 0.3) is 0 Å². The van der Waals surface area contributed by atoms with Crippen LogP contribution in [0.1, 0.15) is 12.0 Å². The molecule has 3 heteroatoms. The van der Waals surface area contributed by atoms with E-state index in [1.807, 2.05) is 12.1 Å². The zero-order valence-corrected chi connectivity index (χ0v) is 10.2. The van der Waals surface area contributed by atoms with Crippen molar-refractivity contribution in [1.82, 2.24) is 4.90 Å². The van der Waals surface area contributed by atoms with Crippen LogP contribution in [0.2, 0.25) is 0 Å². The Morgan fingerprint density at radius 2 is 2.06 bits per heavy atom. The number of rotatable bonds is 3. The number of anilines is 1. The molecule has 3 heterocycles. The minimum atomic E-state index is 0.884. The van der Waals surface area contributed by atoms with Gasteiger partial charge in [0, 0.05) is 35.8 Å². The Balaban J connectivity index is 1.52. The average molecular weight is 234 g/mol. The molecule has 2 nitrogen and oxygen atoms in total. The van der Waals surface area contributed by atoms with Crippen LogP contribution in [0, 0.1) is 0 Å². The fourth-order valence-corrected chi connectivity index (χ4v) is 4.12. The van der Waals surface area contributed by atoms with E-state index < -0.39 is 0 Å². The highest BCUT2D eigenvalue weighted by molar-refractivity contribution is 8.02. The number of benzene rings is 1. The van der Waals surface area contributed by atoms with Gasteiger partial charge in [-0.2, -0.15) is 11.8 Å². The zero-order chi connectivity index (χ0) is 11.0. The lowest BCUT2D eigenvalue weighted by Crippen LogP contribution is -2.51. The van der Waals surface area contributed by atoms with Crippen LogP contribution in [0.4, 0.5) is 5.69 Å². The maximum atomic E-state index is 5.78. The predicted molar refractivity (Wildman–Crippen MR) is 70.8 cm³/mol. The Morgan fingerprint density at radius 3 is 2.75 bits per heavy atom. The third-order valence-corrected chi connectivity index (χ3v) is 4.95. The molecule has 3 fully saturated rings. The average Bonchev–Trinajstić information content (AvgIpc) is 2.26. The van der Waals surface area contributed by atoms with Crippen molar-refractivity contribution in [1.29, 1.82) is 0 Å². The molecule has 2 N–H and O–H groups in total. The SMILES string of the molecule is Nc1cccc(CCN2CC3CC(C2)S3)c1. The number of piperidine rings is 1. The molecule has 2 unspecified atom stereocenters. The summed E-state index contributed by atoms with van der Waals surface area (Å²) in [5.41, 5.74) is 8.03. The first-order valence-electron chi connectivity index (χ1n) is 6.02. The quantitative estimate of drug-likeness (QED) is 0.811. The van der Waals surface area contributed by atoms with Gasteiger partial charge in [0.15, 0.2) is 0 Å². The molecule has 3 aliphatic rings. The molecular formula is C13H18N2S. The van der Waals surface area contributed by atoms with Crippen molar-refractivity contribution in [3.8, 4) is 0 Å². The molecule has 0 amide bonds. The topological polar surface area (TPSA) is 29.3 Å². The second-order valence-electron chi connectivity index (χ2n) is 4.87. The molecule has 3 saturated heterocycles. The minimum absolute atomic E-state index is 0.884. The molecule has 0 aromatic heterocycles. The number of fused-ring (bicyclic) bond motifs is 2. The van der Waals surface area contributed by atoms with E-state index in [1.54, 1.807) is 0 Å². The molecule has 4 rings (SSSR count). The lowest BCUT2D eigenvalue weighted by atomic mass is 10.1. The standard InChI is InChI=1S/C13H18N2S/c14-11-3-1-2-10(6-11)4-5-15-8-12-7-13(9-15)16-12/h1-3,6,12-13H,4-5,7-9,14H2. The van der Waals surface area contributed by atoms with Gasteiger partial charge in [0.25, 0.3) is 0 Å². The highest BCUT2D eigenvalue weighted by atomic mass is 32.2. The van der Waals surface area contributed by atoms with Gasteiger partial charge >= 0.3 is 0 Å². The van der Waals surface area contributed by atoms with E-state index in [4.69, 9.17) is 5.73 Å². The lowest BCUT2D eigenvalue weighted by molar-refractivity contribution is 0.225. The van der Waals surface area contributed by atoms with E-state index >= 15 is 0 Å². The summed E-state index contributed by atoms with van der Waals surface area (Å²) in [6.07, 6.45) is 2.59. The first-order chi connectivity index (χ1) is 7.79. The molecule has 0 saturated carbocycles. The normalized spacial score (nSPS) is 28.8. The van der Waals surface area contributed by atoms with Gasteiger partial charge in [-0.25, -0.2) is 0 Å². The van der Waals surface area contributed by atoms with Crippen molar-refractivity contribution >= 4 is 17.4 Å². The van der Waals surface area contributed by atoms with Gasteiger partial charge in [-0.1, -0.05) is 12.1 Å². The second-order valence-corrected chi connectivity index (χ2v) is 6.48. The molecule has 0 aliphatic carbocycles. The van der Waals surface area contributed by atoms with Crippen LogP contribution in [-0.4, -0.2) is 35.0 Å². The molecule has 0 spiro atoms. The molecular weight excluding hydrogens is 216 g/mol. The molecule has 1 aromatic rings. The number of thioether (sulfide) groups is 1. The summed E-state index contributed by atoms with van der Waals surface area (Å²) in [6, 6.07) is 8.28. The Morgan fingerprint density at radius 1 is 1.31 bits per heavy atom. The lowest BCUT2D eigenvalue weighted by Gasteiger charge is -2.46. The summed E-state index contributed by atoms with van der Waals surface area (Å²) in [5, 5.41) is 1.86. The van der Waals surface area contributed by atoms with Gasteiger partial charge in [-0.15, -0.1) is 0 Å². The Bertz CT molecular complexity index is 364. The smallest absolute Gasteiger partial charge is 0.0316 e. The summed E-state index contributed by atoms with van der Waals surface area (Å²) in [5.74, 6) is 0. The monoisotopic (exact) mass is 234 g/mol. The van der Waals surface area contributed by atoms with Crippen molar-refractivity contribution in [3.63, 3.8) is 0 Å². The van der Waals surface area contributed by atoms with Crippen LogP contribution in [0.3, 0.4) is 0 Å². The molecule has 16 heavy (non-hydrogen) atoms. The van der Waals surface area contributed by atoms with E-state index in [-0.39, 0.29) is 0 Å². The zero-order valence-electron chi connectivity index (χ0n) is 9.43. The van der Waals surface area contributed by atoms with Gasteiger partial charge in [-0.05, 0) is 30.5 Å². The van der Waals surface area contributed by atoms with Crippen molar-refractivity contribution < 1.29 is 0 Å². The second kappa shape index (κ2) is 4.30. The first-order valence-corrected chi connectivity index (χ1v) is 6.96. The fourth-order valence-electron chi connectivity index (χ4n) is 2.66. The van der Waals surface area contributed by atoms with Crippen molar-refractivity contribution in [3.05, 3.63) is 29.8 Å². The van der Waals surface area contributed by atoms with Gasteiger partial charge in [-0.3, -0.25) is 0 Å². The first kappa shape index (κ1) is 10.5.